The Hall–Kier alpha value is -2.22. The number of hydrogen-bond acceptors (Lipinski definition) is 7. The molecule has 4 aliphatic rings. The summed E-state index contributed by atoms with van der Waals surface area (Å²) < 4.78 is 5.54. The smallest absolute Gasteiger partial charge is 0.242 e. The Balaban J connectivity index is 1.11. The third-order valence-electron chi connectivity index (χ3n) is 8.79. The average Bonchev–Trinajstić information content (AvgIpc) is 3.44. The lowest BCUT2D eigenvalue weighted by Gasteiger charge is -2.47. The minimum atomic E-state index is -0.116. The molecule has 10 heteroatoms. The maximum atomic E-state index is 13.5. The minimum Gasteiger partial charge on any atom is -0.381 e. The van der Waals surface area contributed by atoms with Crippen molar-refractivity contribution in [2.24, 2.45) is 11.8 Å². The van der Waals surface area contributed by atoms with Crippen molar-refractivity contribution in [3.8, 4) is 6.07 Å². The summed E-state index contributed by atoms with van der Waals surface area (Å²) in [7, 11) is 1.73. The van der Waals surface area contributed by atoms with Crippen molar-refractivity contribution in [1.82, 2.24) is 24.9 Å². The molecule has 206 valence electrons. The molecule has 2 amide bonds. The van der Waals surface area contributed by atoms with E-state index < -0.39 is 0 Å². The van der Waals surface area contributed by atoms with E-state index in [9.17, 15) is 9.59 Å². The molecule has 1 aromatic rings. The second kappa shape index (κ2) is 12.3. The van der Waals surface area contributed by atoms with Crippen LogP contribution < -0.4 is 5.32 Å². The van der Waals surface area contributed by atoms with Crippen molar-refractivity contribution < 1.29 is 14.3 Å². The predicted octanol–water partition coefficient (Wildman–Crippen LogP) is 1.75. The van der Waals surface area contributed by atoms with E-state index in [-0.39, 0.29) is 30.3 Å². The summed E-state index contributed by atoms with van der Waals surface area (Å²) in [4.78, 5) is 34.9. The molecule has 1 saturated carbocycles. The van der Waals surface area contributed by atoms with Gasteiger partial charge in [0.2, 0.25) is 11.8 Å². The summed E-state index contributed by atoms with van der Waals surface area (Å²) in [5.41, 5.74) is 1.26. The van der Waals surface area contributed by atoms with Crippen LogP contribution in [0.15, 0.2) is 18.2 Å². The normalized spacial score (nSPS) is 28.7. The summed E-state index contributed by atoms with van der Waals surface area (Å²) in [5.74, 6) is 0.584. The lowest BCUT2D eigenvalue weighted by molar-refractivity contribution is -0.148. The van der Waals surface area contributed by atoms with Gasteiger partial charge in [-0.2, -0.15) is 5.26 Å². The van der Waals surface area contributed by atoms with Crippen LogP contribution in [-0.2, 0) is 20.9 Å². The Morgan fingerprint density at radius 1 is 1.24 bits per heavy atom. The van der Waals surface area contributed by atoms with Gasteiger partial charge >= 0.3 is 0 Å². The van der Waals surface area contributed by atoms with E-state index in [4.69, 9.17) is 21.6 Å². The van der Waals surface area contributed by atoms with Gasteiger partial charge in [0.05, 0.1) is 29.8 Å². The number of rotatable bonds is 7. The molecular formula is C28H39ClN6O3. The average molecular weight is 543 g/mol. The summed E-state index contributed by atoms with van der Waals surface area (Å²) in [6, 6.07) is 7.86. The number of likely N-dealkylation sites (N-methyl/N-ethyl adjacent to an activating group) is 1. The third-order valence-corrected chi connectivity index (χ3v) is 9.10. The molecule has 38 heavy (non-hydrogen) atoms. The zero-order chi connectivity index (χ0) is 26.6. The zero-order valence-electron chi connectivity index (χ0n) is 22.3. The van der Waals surface area contributed by atoms with Gasteiger partial charge in [-0.3, -0.25) is 19.8 Å². The monoisotopic (exact) mass is 542 g/mol. The fraction of sp³-hybridized carbons (Fsp3) is 0.679. The van der Waals surface area contributed by atoms with Gasteiger partial charge in [-0.25, -0.2) is 0 Å². The number of piperazine rings is 1. The molecule has 4 unspecified atom stereocenters. The molecule has 0 aromatic heterocycles. The molecule has 5 rings (SSSR count). The van der Waals surface area contributed by atoms with Gasteiger partial charge in [-0.15, -0.1) is 0 Å². The van der Waals surface area contributed by atoms with Gasteiger partial charge in [0.1, 0.15) is 12.6 Å². The van der Waals surface area contributed by atoms with Gasteiger partial charge in [0, 0.05) is 65.0 Å². The summed E-state index contributed by atoms with van der Waals surface area (Å²) in [5, 5.41) is 13.0. The third kappa shape index (κ3) is 6.32. The molecule has 1 aromatic carbocycles. The Labute approximate surface area is 230 Å². The molecule has 1 aliphatic carbocycles. The highest BCUT2D eigenvalue weighted by Gasteiger charge is 2.43. The highest BCUT2D eigenvalue weighted by atomic mass is 35.5. The van der Waals surface area contributed by atoms with Crippen LogP contribution in [0, 0.1) is 23.2 Å². The van der Waals surface area contributed by atoms with E-state index in [2.05, 4.69) is 15.1 Å². The van der Waals surface area contributed by atoms with E-state index in [1.807, 2.05) is 6.07 Å². The Kier molecular flexibility index (Phi) is 8.86. The van der Waals surface area contributed by atoms with Crippen LogP contribution in [0.3, 0.4) is 0 Å². The van der Waals surface area contributed by atoms with Crippen LogP contribution in [0.1, 0.15) is 36.8 Å². The minimum absolute atomic E-state index is 0.0593. The van der Waals surface area contributed by atoms with Crippen molar-refractivity contribution in [3.63, 3.8) is 0 Å². The second-order valence-corrected chi connectivity index (χ2v) is 11.7. The number of carbonyl (C=O) groups is 2. The molecule has 3 aliphatic heterocycles. The molecule has 0 radical (unpaired) electrons. The maximum Gasteiger partial charge on any atom is 0.242 e. The molecule has 1 N–H and O–H groups in total. The van der Waals surface area contributed by atoms with E-state index >= 15 is 0 Å². The topological polar surface area (TPSA) is 92.2 Å². The molecule has 9 nitrogen and oxygen atoms in total. The highest BCUT2D eigenvalue weighted by molar-refractivity contribution is 6.31. The summed E-state index contributed by atoms with van der Waals surface area (Å²) >= 11 is 6.14. The number of nitrogens with one attached hydrogen (secondary N) is 1. The highest BCUT2D eigenvalue weighted by Crippen LogP contribution is 2.32. The Morgan fingerprint density at radius 3 is 2.76 bits per heavy atom. The standard InChI is InChI=1S/C28H39ClN6O3/c1-32(15-20-2-3-22(14-30)25(29)12-20)27(36)17-35-19-31-26-5-4-23(13-24(26)28(35)37)34-9-7-33(8-10-34)16-21-6-11-38-18-21/h2-3,12,21,23-24,26,31H,4-11,13,15-19H2,1H3. The number of benzene rings is 1. The Morgan fingerprint density at radius 2 is 2.05 bits per heavy atom. The summed E-state index contributed by atoms with van der Waals surface area (Å²) in [6.07, 6.45) is 4.16. The van der Waals surface area contributed by atoms with Crippen LogP contribution in [0.5, 0.6) is 0 Å². The predicted molar refractivity (Wildman–Crippen MR) is 144 cm³/mol. The Bertz CT molecular complexity index is 1050. The number of fused-ring (bicyclic) bond motifs is 1. The van der Waals surface area contributed by atoms with Crippen LogP contribution in [0.4, 0.5) is 0 Å². The van der Waals surface area contributed by atoms with E-state index in [0.717, 1.165) is 70.8 Å². The van der Waals surface area contributed by atoms with Crippen molar-refractivity contribution in [2.75, 3.05) is 66.2 Å². The number of ether oxygens (including phenoxy) is 1. The molecule has 0 bridgehead atoms. The number of amides is 2. The van der Waals surface area contributed by atoms with Gasteiger partial charge < -0.3 is 19.4 Å². The van der Waals surface area contributed by atoms with E-state index in [0.29, 0.717) is 35.8 Å². The van der Waals surface area contributed by atoms with Crippen molar-refractivity contribution >= 4 is 23.4 Å². The largest absolute Gasteiger partial charge is 0.381 e. The quantitative estimate of drug-likeness (QED) is 0.561. The van der Waals surface area contributed by atoms with Gasteiger partial charge in [-0.1, -0.05) is 17.7 Å². The van der Waals surface area contributed by atoms with Crippen LogP contribution in [-0.4, -0.2) is 110 Å². The lowest BCUT2D eigenvalue weighted by atomic mass is 9.79. The second-order valence-electron chi connectivity index (χ2n) is 11.3. The van der Waals surface area contributed by atoms with Crippen LogP contribution >= 0.6 is 11.6 Å². The SMILES string of the molecule is CN(Cc1ccc(C#N)c(Cl)c1)C(=O)CN1CNC2CCC(N3CCN(CC4CCOC4)CC3)CC2C1=O. The van der Waals surface area contributed by atoms with Crippen LogP contribution in [0.2, 0.25) is 5.02 Å². The first-order valence-electron chi connectivity index (χ1n) is 13.9. The fourth-order valence-electron chi connectivity index (χ4n) is 6.47. The molecule has 3 saturated heterocycles. The van der Waals surface area contributed by atoms with Gasteiger partial charge in [0.15, 0.2) is 0 Å². The molecule has 4 fully saturated rings. The fourth-order valence-corrected chi connectivity index (χ4v) is 6.71. The van der Waals surface area contributed by atoms with Gasteiger partial charge in [0.25, 0.3) is 0 Å². The number of carbonyl (C=O) groups excluding carboxylic acids is 2. The van der Waals surface area contributed by atoms with E-state index in [1.54, 1.807) is 35.0 Å². The number of hydrogen-bond donors (Lipinski definition) is 1. The number of nitriles is 1. The maximum absolute atomic E-state index is 13.5. The summed E-state index contributed by atoms with van der Waals surface area (Å²) in [6.45, 7) is 8.08. The first-order valence-corrected chi connectivity index (χ1v) is 14.3. The molecular weight excluding hydrogens is 504 g/mol. The zero-order valence-corrected chi connectivity index (χ0v) is 23.0. The molecule has 3 heterocycles. The first-order chi connectivity index (χ1) is 18.4. The van der Waals surface area contributed by atoms with Crippen molar-refractivity contribution in [3.05, 3.63) is 34.3 Å². The van der Waals surface area contributed by atoms with Crippen molar-refractivity contribution in [1.29, 1.82) is 5.26 Å². The number of nitrogens with zero attached hydrogens (tertiary/aromatic N) is 5. The lowest BCUT2D eigenvalue weighted by Crippen LogP contribution is -2.62. The van der Waals surface area contributed by atoms with Crippen molar-refractivity contribution in [2.45, 2.75) is 44.3 Å². The molecule has 4 atom stereocenters. The number of halogens is 1. The van der Waals surface area contributed by atoms with Crippen LogP contribution in [0.25, 0.3) is 0 Å². The van der Waals surface area contributed by atoms with E-state index in [1.165, 1.54) is 6.42 Å². The van der Waals surface area contributed by atoms with Gasteiger partial charge in [-0.05, 0) is 49.3 Å². The first kappa shape index (κ1) is 27.4. The molecule has 0 spiro atoms.